The Hall–Kier alpha value is -3.99. The number of carbonyl (C=O) groups excluding carboxylic acids is 1. The molecule has 164 valence electrons. The van der Waals surface area contributed by atoms with Crippen molar-refractivity contribution in [2.24, 2.45) is 0 Å². The molecule has 0 bridgehead atoms. The maximum absolute atomic E-state index is 13.0. The number of nitrogens with zero attached hydrogens (tertiary/aromatic N) is 2. The molecular formula is C28H26N4O. The van der Waals surface area contributed by atoms with Gasteiger partial charge in [0.05, 0.1) is 11.7 Å². The minimum Gasteiger partial charge on any atom is -0.345 e. The summed E-state index contributed by atoms with van der Waals surface area (Å²) in [6.07, 6.45) is 4.67. The molecule has 5 heteroatoms. The number of rotatable bonds is 5. The van der Waals surface area contributed by atoms with Crippen molar-refractivity contribution in [2.45, 2.75) is 32.2 Å². The quantitative estimate of drug-likeness (QED) is 0.404. The molecule has 1 aliphatic rings. The lowest BCUT2D eigenvalue weighted by Gasteiger charge is -2.26. The summed E-state index contributed by atoms with van der Waals surface area (Å²) in [7, 11) is 0. The van der Waals surface area contributed by atoms with Crippen LogP contribution in [0, 0.1) is 6.92 Å². The summed E-state index contributed by atoms with van der Waals surface area (Å²) >= 11 is 0. The summed E-state index contributed by atoms with van der Waals surface area (Å²) in [5.74, 6) is 0.614. The summed E-state index contributed by atoms with van der Waals surface area (Å²) in [5.41, 5.74) is 7.08. The molecule has 1 aromatic heterocycles. The van der Waals surface area contributed by atoms with Gasteiger partial charge < -0.3 is 10.6 Å². The number of anilines is 2. The van der Waals surface area contributed by atoms with Gasteiger partial charge in [0.1, 0.15) is 12.1 Å². The number of nitrogens with one attached hydrogen (secondary N) is 2. The first kappa shape index (κ1) is 20.9. The molecule has 4 aromatic rings. The molecule has 0 radical (unpaired) electrons. The van der Waals surface area contributed by atoms with Crippen LogP contribution in [0.4, 0.5) is 11.5 Å². The van der Waals surface area contributed by atoms with Crippen molar-refractivity contribution >= 4 is 17.4 Å². The van der Waals surface area contributed by atoms with Crippen molar-refractivity contribution in [3.63, 3.8) is 0 Å². The number of fused-ring (bicyclic) bond motifs is 1. The Morgan fingerprint density at radius 1 is 0.939 bits per heavy atom. The molecule has 0 saturated heterocycles. The summed E-state index contributed by atoms with van der Waals surface area (Å²) in [6, 6.07) is 26.1. The molecular weight excluding hydrogens is 408 g/mol. The number of benzene rings is 3. The van der Waals surface area contributed by atoms with Crippen LogP contribution in [0.15, 0.2) is 85.2 Å². The van der Waals surface area contributed by atoms with E-state index in [0.717, 1.165) is 36.2 Å². The Labute approximate surface area is 193 Å². The molecule has 1 heterocycles. The molecule has 1 aliphatic carbocycles. The van der Waals surface area contributed by atoms with Gasteiger partial charge in [0.15, 0.2) is 0 Å². The maximum Gasteiger partial charge on any atom is 0.251 e. The van der Waals surface area contributed by atoms with E-state index in [1.54, 1.807) is 6.33 Å². The van der Waals surface area contributed by atoms with Gasteiger partial charge in [0.2, 0.25) is 0 Å². The molecule has 1 atom stereocenters. The van der Waals surface area contributed by atoms with Gasteiger partial charge >= 0.3 is 0 Å². The van der Waals surface area contributed by atoms with Gasteiger partial charge in [-0.2, -0.15) is 0 Å². The molecule has 0 unspecified atom stereocenters. The van der Waals surface area contributed by atoms with Crippen molar-refractivity contribution in [2.75, 3.05) is 5.32 Å². The van der Waals surface area contributed by atoms with Crippen LogP contribution in [-0.4, -0.2) is 15.9 Å². The first-order chi connectivity index (χ1) is 16.2. The van der Waals surface area contributed by atoms with Crippen molar-refractivity contribution in [3.8, 4) is 11.3 Å². The Morgan fingerprint density at radius 3 is 2.67 bits per heavy atom. The SMILES string of the molecule is Cc1ccc(-c2cc(Nc3cccc(C(=O)N[C@H]4CCCc5ccccc54)c3)ncn2)cc1. The fraction of sp³-hybridized carbons (Fsp3) is 0.179. The lowest BCUT2D eigenvalue weighted by atomic mass is 9.87. The fourth-order valence-corrected chi connectivity index (χ4v) is 4.34. The van der Waals surface area contributed by atoms with Crippen LogP contribution in [0.5, 0.6) is 0 Å². The first-order valence-corrected chi connectivity index (χ1v) is 11.3. The highest BCUT2D eigenvalue weighted by Crippen LogP contribution is 2.30. The molecule has 5 nitrogen and oxygen atoms in total. The van der Waals surface area contributed by atoms with Crippen molar-refractivity contribution in [1.82, 2.24) is 15.3 Å². The fourth-order valence-electron chi connectivity index (χ4n) is 4.34. The maximum atomic E-state index is 13.0. The van der Waals surface area contributed by atoms with Crippen LogP contribution in [0.3, 0.4) is 0 Å². The standard InChI is InChI=1S/C28H26N4O/c1-19-12-14-21(15-13-19)26-17-27(30-18-29-26)31-23-9-4-8-22(16-23)28(33)32-25-11-5-7-20-6-2-3-10-24(20)25/h2-4,6,8-10,12-18,25H,5,7,11H2,1H3,(H,32,33)(H,29,30,31)/t25-/m0/s1. The number of hydrogen-bond acceptors (Lipinski definition) is 4. The Bertz CT molecular complexity index is 1280. The molecule has 0 aliphatic heterocycles. The van der Waals surface area contributed by atoms with E-state index in [9.17, 15) is 4.79 Å². The highest BCUT2D eigenvalue weighted by Gasteiger charge is 2.22. The largest absolute Gasteiger partial charge is 0.345 e. The zero-order valence-corrected chi connectivity index (χ0v) is 18.6. The molecule has 3 aromatic carbocycles. The topological polar surface area (TPSA) is 66.9 Å². The second-order valence-electron chi connectivity index (χ2n) is 8.48. The molecule has 0 saturated carbocycles. The van der Waals surface area contributed by atoms with E-state index < -0.39 is 0 Å². The number of aryl methyl sites for hydroxylation is 2. The molecule has 1 amide bonds. The van der Waals surface area contributed by atoms with Crippen LogP contribution in [0.25, 0.3) is 11.3 Å². The minimum absolute atomic E-state index is 0.0537. The van der Waals surface area contributed by atoms with Crippen LogP contribution >= 0.6 is 0 Å². The summed E-state index contributed by atoms with van der Waals surface area (Å²) in [4.78, 5) is 21.8. The van der Waals surface area contributed by atoms with Crippen LogP contribution in [0.1, 0.15) is 45.9 Å². The summed E-state index contributed by atoms with van der Waals surface area (Å²) in [5, 5.41) is 6.53. The molecule has 0 fully saturated rings. The Morgan fingerprint density at radius 2 is 1.79 bits per heavy atom. The van der Waals surface area contributed by atoms with Gasteiger partial charge in [-0.15, -0.1) is 0 Å². The van der Waals surface area contributed by atoms with E-state index in [0.29, 0.717) is 11.4 Å². The molecule has 33 heavy (non-hydrogen) atoms. The van der Waals surface area contributed by atoms with E-state index in [1.165, 1.54) is 16.7 Å². The number of carbonyl (C=O) groups is 1. The van der Waals surface area contributed by atoms with Crippen LogP contribution < -0.4 is 10.6 Å². The molecule has 0 spiro atoms. The van der Waals surface area contributed by atoms with Gasteiger partial charge in [0, 0.05) is 22.9 Å². The lowest BCUT2D eigenvalue weighted by Crippen LogP contribution is -2.31. The van der Waals surface area contributed by atoms with Gasteiger partial charge in [-0.3, -0.25) is 4.79 Å². The third kappa shape index (κ3) is 4.77. The van der Waals surface area contributed by atoms with Crippen LogP contribution in [-0.2, 0) is 6.42 Å². The minimum atomic E-state index is -0.0663. The highest BCUT2D eigenvalue weighted by atomic mass is 16.1. The average molecular weight is 435 g/mol. The third-order valence-corrected chi connectivity index (χ3v) is 6.09. The lowest BCUT2D eigenvalue weighted by molar-refractivity contribution is 0.0933. The van der Waals surface area contributed by atoms with E-state index in [1.807, 2.05) is 36.4 Å². The van der Waals surface area contributed by atoms with E-state index in [-0.39, 0.29) is 11.9 Å². The van der Waals surface area contributed by atoms with Crippen molar-refractivity contribution in [3.05, 3.63) is 107 Å². The van der Waals surface area contributed by atoms with Gasteiger partial charge in [-0.05, 0) is 55.5 Å². The Balaban J connectivity index is 1.31. The van der Waals surface area contributed by atoms with Crippen molar-refractivity contribution in [1.29, 1.82) is 0 Å². The summed E-state index contributed by atoms with van der Waals surface area (Å²) < 4.78 is 0. The van der Waals surface area contributed by atoms with Gasteiger partial charge in [-0.25, -0.2) is 9.97 Å². The second kappa shape index (κ2) is 9.25. The van der Waals surface area contributed by atoms with E-state index in [2.05, 4.69) is 70.0 Å². The number of amides is 1. The smallest absolute Gasteiger partial charge is 0.251 e. The normalized spacial score (nSPS) is 14.9. The molecule has 2 N–H and O–H groups in total. The van der Waals surface area contributed by atoms with Crippen LogP contribution in [0.2, 0.25) is 0 Å². The van der Waals surface area contributed by atoms with Gasteiger partial charge in [-0.1, -0.05) is 60.2 Å². The Kier molecular flexibility index (Phi) is 5.85. The van der Waals surface area contributed by atoms with Gasteiger partial charge in [0.25, 0.3) is 5.91 Å². The first-order valence-electron chi connectivity index (χ1n) is 11.3. The third-order valence-electron chi connectivity index (χ3n) is 6.09. The monoisotopic (exact) mass is 434 g/mol. The zero-order valence-electron chi connectivity index (χ0n) is 18.6. The number of aromatic nitrogens is 2. The predicted molar refractivity (Wildman–Crippen MR) is 132 cm³/mol. The van der Waals surface area contributed by atoms with E-state index >= 15 is 0 Å². The zero-order chi connectivity index (χ0) is 22.6. The second-order valence-corrected chi connectivity index (χ2v) is 8.48. The van der Waals surface area contributed by atoms with E-state index in [4.69, 9.17) is 0 Å². The average Bonchev–Trinajstić information content (AvgIpc) is 2.85. The molecule has 5 rings (SSSR count). The van der Waals surface area contributed by atoms with Crippen molar-refractivity contribution < 1.29 is 4.79 Å². The summed E-state index contributed by atoms with van der Waals surface area (Å²) in [6.45, 7) is 2.06. The number of hydrogen-bond donors (Lipinski definition) is 2. The predicted octanol–water partition coefficient (Wildman–Crippen LogP) is 6.00. The highest BCUT2D eigenvalue weighted by molar-refractivity contribution is 5.95.